The Morgan fingerprint density at radius 1 is 1.06 bits per heavy atom. The summed E-state index contributed by atoms with van der Waals surface area (Å²) in [6.07, 6.45) is 2.31. The predicted octanol–water partition coefficient (Wildman–Crippen LogP) is 0.972. The molecule has 5 nitrogen and oxygen atoms in total. The second-order valence-electron chi connectivity index (χ2n) is 3.65. The lowest BCUT2D eigenvalue weighted by atomic mass is 10.3. The standard InChI is InChI=1S/C12H25NO4/c1-3-8-16-10-11-17-9-7-13-6-4-5-12(14)15-2/h13H,3-11H2,1-2H3. The van der Waals surface area contributed by atoms with Crippen LogP contribution >= 0.6 is 0 Å². The molecule has 0 amide bonds. The van der Waals surface area contributed by atoms with Crippen LogP contribution in [0, 0.1) is 0 Å². The summed E-state index contributed by atoms with van der Waals surface area (Å²) >= 11 is 0. The van der Waals surface area contributed by atoms with E-state index in [0.717, 1.165) is 32.5 Å². The first-order valence-corrected chi connectivity index (χ1v) is 6.24. The fourth-order valence-electron chi connectivity index (χ4n) is 1.20. The number of methoxy groups -OCH3 is 1. The highest BCUT2D eigenvalue weighted by Gasteiger charge is 1.98. The van der Waals surface area contributed by atoms with Gasteiger partial charge in [0.1, 0.15) is 0 Å². The zero-order chi connectivity index (χ0) is 12.8. The molecule has 0 spiro atoms. The van der Waals surface area contributed by atoms with E-state index in [0.29, 0.717) is 26.2 Å². The van der Waals surface area contributed by atoms with Crippen LogP contribution in [-0.4, -0.2) is 52.6 Å². The lowest BCUT2D eigenvalue weighted by Gasteiger charge is -2.06. The minimum Gasteiger partial charge on any atom is -0.469 e. The van der Waals surface area contributed by atoms with Gasteiger partial charge in [0, 0.05) is 19.6 Å². The number of carbonyl (C=O) groups excluding carboxylic acids is 1. The average molecular weight is 247 g/mol. The summed E-state index contributed by atoms with van der Waals surface area (Å²) in [5.41, 5.74) is 0. The van der Waals surface area contributed by atoms with E-state index in [1.165, 1.54) is 7.11 Å². The molecule has 17 heavy (non-hydrogen) atoms. The van der Waals surface area contributed by atoms with Crippen molar-refractivity contribution < 1.29 is 19.0 Å². The van der Waals surface area contributed by atoms with E-state index in [2.05, 4.69) is 17.0 Å². The molecule has 0 unspecified atom stereocenters. The average Bonchev–Trinajstić information content (AvgIpc) is 2.35. The van der Waals surface area contributed by atoms with Gasteiger partial charge in [-0.2, -0.15) is 0 Å². The Labute approximate surface area is 104 Å². The quantitative estimate of drug-likeness (QED) is 0.411. The maximum atomic E-state index is 10.8. The zero-order valence-electron chi connectivity index (χ0n) is 11.0. The van der Waals surface area contributed by atoms with Crippen molar-refractivity contribution in [1.82, 2.24) is 5.32 Å². The highest BCUT2D eigenvalue weighted by Crippen LogP contribution is 1.89. The van der Waals surface area contributed by atoms with Gasteiger partial charge in [0.2, 0.25) is 0 Å². The molecule has 0 radical (unpaired) electrons. The number of rotatable bonds is 12. The Kier molecular flexibility index (Phi) is 12.9. The first kappa shape index (κ1) is 16.4. The van der Waals surface area contributed by atoms with Crippen LogP contribution in [0.4, 0.5) is 0 Å². The summed E-state index contributed by atoms with van der Waals surface area (Å²) in [6.45, 7) is 6.47. The molecule has 102 valence electrons. The molecule has 0 aliphatic rings. The molecule has 0 aromatic rings. The fourth-order valence-corrected chi connectivity index (χ4v) is 1.20. The van der Waals surface area contributed by atoms with Crippen molar-refractivity contribution in [3.63, 3.8) is 0 Å². The summed E-state index contributed by atoms with van der Waals surface area (Å²) < 4.78 is 15.2. The summed E-state index contributed by atoms with van der Waals surface area (Å²) in [5.74, 6) is -0.156. The topological polar surface area (TPSA) is 56.8 Å². The lowest BCUT2D eigenvalue weighted by Crippen LogP contribution is -2.22. The van der Waals surface area contributed by atoms with Gasteiger partial charge in [0.25, 0.3) is 0 Å². The van der Waals surface area contributed by atoms with E-state index in [4.69, 9.17) is 9.47 Å². The molecule has 0 saturated carbocycles. The number of ether oxygens (including phenoxy) is 3. The third-order valence-corrected chi connectivity index (χ3v) is 2.11. The Balaban J connectivity index is 2.96. The Bertz CT molecular complexity index is 176. The van der Waals surface area contributed by atoms with Crippen LogP contribution in [0.25, 0.3) is 0 Å². The van der Waals surface area contributed by atoms with E-state index in [1.54, 1.807) is 0 Å². The van der Waals surface area contributed by atoms with Crippen LogP contribution < -0.4 is 5.32 Å². The van der Waals surface area contributed by atoms with Crippen LogP contribution in [0.5, 0.6) is 0 Å². The van der Waals surface area contributed by atoms with Crippen LogP contribution in [0.1, 0.15) is 26.2 Å². The highest BCUT2D eigenvalue weighted by molar-refractivity contribution is 5.68. The first-order chi connectivity index (χ1) is 8.31. The van der Waals surface area contributed by atoms with Crippen molar-refractivity contribution in [2.24, 2.45) is 0 Å². The van der Waals surface area contributed by atoms with Gasteiger partial charge in [-0.05, 0) is 19.4 Å². The SMILES string of the molecule is CCCOCCOCCNCCCC(=O)OC. The molecule has 0 bridgehead atoms. The van der Waals surface area contributed by atoms with Gasteiger partial charge in [-0.1, -0.05) is 6.92 Å². The molecule has 0 atom stereocenters. The normalized spacial score (nSPS) is 10.5. The number of hydrogen-bond acceptors (Lipinski definition) is 5. The van der Waals surface area contributed by atoms with Crippen molar-refractivity contribution in [3.8, 4) is 0 Å². The summed E-state index contributed by atoms with van der Waals surface area (Å²) in [5, 5.41) is 3.19. The molecular formula is C12H25NO4. The Hall–Kier alpha value is -0.650. The van der Waals surface area contributed by atoms with Crippen LogP contribution in [0.15, 0.2) is 0 Å². The molecular weight excluding hydrogens is 222 g/mol. The van der Waals surface area contributed by atoms with Gasteiger partial charge >= 0.3 is 5.97 Å². The van der Waals surface area contributed by atoms with E-state index >= 15 is 0 Å². The minimum absolute atomic E-state index is 0.156. The van der Waals surface area contributed by atoms with Crippen LogP contribution in [0.2, 0.25) is 0 Å². The number of carbonyl (C=O) groups is 1. The molecule has 0 rings (SSSR count). The molecule has 1 N–H and O–H groups in total. The van der Waals surface area contributed by atoms with E-state index < -0.39 is 0 Å². The maximum Gasteiger partial charge on any atom is 0.305 e. The molecule has 0 aromatic heterocycles. The number of hydrogen-bond donors (Lipinski definition) is 1. The monoisotopic (exact) mass is 247 g/mol. The van der Waals surface area contributed by atoms with E-state index in [-0.39, 0.29) is 5.97 Å². The zero-order valence-corrected chi connectivity index (χ0v) is 11.0. The maximum absolute atomic E-state index is 10.8. The van der Waals surface area contributed by atoms with Gasteiger partial charge in [-0.25, -0.2) is 0 Å². The molecule has 0 heterocycles. The summed E-state index contributed by atoms with van der Waals surface area (Å²) in [6, 6.07) is 0. The number of nitrogens with one attached hydrogen (secondary N) is 1. The van der Waals surface area contributed by atoms with E-state index in [9.17, 15) is 4.79 Å². The molecule has 0 aliphatic carbocycles. The van der Waals surface area contributed by atoms with Gasteiger partial charge in [-0.3, -0.25) is 4.79 Å². The largest absolute Gasteiger partial charge is 0.469 e. The summed E-state index contributed by atoms with van der Waals surface area (Å²) in [4.78, 5) is 10.8. The first-order valence-electron chi connectivity index (χ1n) is 6.24. The van der Waals surface area contributed by atoms with Crippen molar-refractivity contribution in [1.29, 1.82) is 0 Å². The minimum atomic E-state index is -0.156. The van der Waals surface area contributed by atoms with Gasteiger partial charge in [0.05, 0.1) is 26.9 Å². The second kappa shape index (κ2) is 13.4. The Morgan fingerprint density at radius 3 is 2.41 bits per heavy atom. The van der Waals surface area contributed by atoms with Crippen molar-refractivity contribution >= 4 is 5.97 Å². The lowest BCUT2D eigenvalue weighted by molar-refractivity contribution is -0.140. The van der Waals surface area contributed by atoms with Crippen molar-refractivity contribution in [2.45, 2.75) is 26.2 Å². The molecule has 0 aromatic carbocycles. The number of esters is 1. The molecule has 0 saturated heterocycles. The van der Waals surface area contributed by atoms with E-state index in [1.807, 2.05) is 0 Å². The molecule has 0 fully saturated rings. The van der Waals surface area contributed by atoms with Gasteiger partial charge < -0.3 is 19.5 Å². The van der Waals surface area contributed by atoms with Gasteiger partial charge in [-0.15, -0.1) is 0 Å². The van der Waals surface area contributed by atoms with Crippen LogP contribution in [0.3, 0.4) is 0 Å². The molecule has 0 aliphatic heterocycles. The summed E-state index contributed by atoms with van der Waals surface area (Å²) in [7, 11) is 1.41. The third kappa shape index (κ3) is 13.3. The van der Waals surface area contributed by atoms with Crippen LogP contribution in [-0.2, 0) is 19.0 Å². The smallest absolute Gasteiger partial charge is 0.305 e. The second-order valence-corrected chi connectivity index (χ2v) is 3.65. The highest BCUT2D eigenvalue weighted by atomic mass is 16.5. The fraction of sp³-hybridized carbons (Fsp3) is 0.917. The van der Waals surface area contributed by atoms with Gasteiger partial charge in [0.15, 0.2) is 0 Å². The third-order valence-electron chi connectivity index (χ3n) is 2.11. The van der Waals surface area contributed by atoms with Crippen molar-refractivity contribution in [2.75, 3.05) is 46.6 Å². The molecule has 5 heteroatoms. The van der Waals surface area contributed by atoms with Crippen molar-refractivity contribution in [3.05, 3.63) is 0 Å². The Morgan fingerprint density at radius 2 is 1.76 bits per heavy atom. The predicted molar refractivity (Wildman–Crippen MR) is 66.0 cm³/mol.